The molecule has 1 aromatic carbocycles. The Kier molecular flexibility index (Phi) is 3.14. The first-order valence-electron chi connectivity index (χ1n) is 6.69. The number of amides is 1. The van der Waals surface area contributed by atoms with Crippen LogP contribution in [-0.4, -0.2) is 35.5 Å². The number of hydrogen-bond acceptors (Lipinski definition) is 5. The number of likely N-dealkylation sites (N-methyl/N-ethyl adjacent to an activating group) is 1. The molecular weight excluding hydrogens is 254 g/mol. The number of carbonyl (C=O) groups is 1. The highest BCUT2D eigenvalue weighted by Gasteiger charge is 2.31. The summed E-state index contributed by atoms with van der Waals surface area (Å²) in [5, 5.41) is 3.65. The van der Waals surface area contributed by atoms with Crippen molar-refractivity contribution in [2.24, 2.45) is 0 Å². The zero-order valence-electron chi connectivity index (χ0n) is 11.3. The van der Waals surface area contributed by atoms with Gasteiger partial charge in [-0.2, -0.15) is 0 Å². The van der Waals surface area contributed by atoms with Gasteiger partial charge in [-0.25, -0.2) is 9.97 Å². The molecule has 0 radical (unpaired) electrons. The average molecular weight is 271 g/mol. The molecule has 1 atom stereocenters. The molecule has 1 fully saturated rings. The zero-order valence-corrected chi connectivity index (χ0v) is 11.3. The van der Waals surface area contributed by atoms with Gasteiger partial charge in [0.2, 0.25) is 5.91 Å². The third-order valence-corrected chi connectivity index (χ3v) is 3.71. The molecule has 0 aliphatic carbocycles. The molecule has 1 aromatic heterocycles. The number of hydrogen-bond donors (Lipinski definition) is 2. The van der Waals surface area contributed by atoms with Crippen molar-refractivity contribution in [3.63, 3.8) is 0 Å². The van der Waals surface area contributed by atoms with Gasteiger partial charge in [-0.3, -0.25) is 4.79 Å². The van der Waals surface area contributed by atoms with Crippen molar-refractivity contribution in [1.82, 2.24) is 15.3 Å². The van der Waals surface area contributed by atoms with Gasteiger partial charge in [0.15, 0.2) is 0 Å². The molecular formula is C14H17N5O. The van der Waals surface area contributed by atoms with E-state index >= 15 is 0 Å². The minimum Gasteiger partial charge on any atom is -0.399 e. The third kappa shape index (κ3) is 2.03. The molecule has 20 heavy (non-hydrogen) atoms. The summed E-state index contributed by atoms with van der Waals surface area (Å²) in [6.45, 7) is 0.828. The van der Waals surface area contributed by atoms with Crippen LogP contribution in [0.1, 0.15) is 12.8 Å². The highest BCUT2D eigenvalue weighted by atomic mass is 16.2. The largest absolute Gasteiger partial charge is 0.399 e. The summed E-state index contributed by atoms with van der Waals surface area (Å²) in [7, 11) is 1.66. The van der Waals surface area contributed by atoms with Gasteiger partial charge in [0, 0.05) is 24.7 Å². The lowest BCUT2D eigenvalue weighted by atomic mass is 10.1. The van der Waals surface area contributed by atoms with Crippen molar-refractivity contribution in [2.75, 3.05) is 24.2 Å². The lowest BCUT2D eigenvalue weighted by molar-refractivity contribution is -0.121. The van der Waals surface area contributed by atoms with Crippen LogP contribution >= 0.6 is 0 Å². The van der Waals surface area contributed by atoms with Gasteiger partial charge >= 0.3 is 0 Å². The molecule has 3 rings (SSSR count). The van der Waals surface area contributed by atoms with Crippen LogP contribution in [0.25, 0.3) is 10.9 Å². The molecule has 0 spiro atoms. The molecule has 0 bridgehead atoms. The molecule has 1 aliphatic rings. The molecule has 3 N–H and O–H groups in total. The Labute approximate surface area is 117 Å². The Morgan fingerprint density at radius 2 is 2.30 bits per heavy atom. The van der Waals surface area contributed by atoms with Gasteiger partial charge in [-0.15, -0.1) is 0 Å². The Hall–Kier alpha value is -2.37. The van der Waals surface area contributed by atoms with Crippen LogP contribution in [0.3, 0.4) is 0 Å². The zero-order chi connectivity index (χ0) is 14.1. The summed E-state index contributed by atoms with van der Waals surface area (Å²) in [4.78, 5) is 22.7. The Balaban J connectivity index is 2.07. The molecule has 0 saturated carbocycles. The van der Waals surface area contributed by atoms with Crippen molar-refractivity contribution in [1.29, 1.82) is 0 Å². The second-order valence-electron chi connectivity index (χ2n) is 4.94. The first-order chi connectivity index (χ1) is 9.70. The number of nitrogens with one attached hydrogen (secondary N) is 1. The molecule has 1 unspecified atom stereocenters. The number of aromatic nitrogens is 2. The lowest BCUT2D eigenvalue weighted by Gasteiger charge is -2.25. The van der Waals surface area contributed by atoms with Crippen LogP contribution in [0.5, 0.6) is 0 Å². The number of carbonyl (C=O) groups excluding carboxylic acids is 1. The van der Waals surface area contributed by atoms with Gasteiger partial charge in [0.25, 0.3) is 0 Å². The van der Waals surface area contributed by atoms with E-state index in [4.69, 9.17) is 5.73 Å². The number of rotatable bonds is 2. The molecule has 6 heteroatoms. The molecule has 1 amide bonds. The van der Waals surface area contributed by atoms with E-state index in [1.54, 1.807) is 7.05 Å². The fourth-order valence-electron chi connectivity index (χ4n) is 2.75. The topological polar surface area (TPSA) is 84.1 Å². The van der Waals surface area contributed by atoms with E-state index in [1.165, 1.54) is 6.33 Å². The molecule has 104 valence electrons. The van der Waals surface area contributed by atoms with Crippen LogP contribution in [0.4, 0.5) is 11.5 Å². The first-order valence-corrected chi connectivity index (χ1v) is 6.69. The number of benzene rings is 1. The lowest BCUT2D eigenvalue weighted by Crippen LogP contribution is -2.42. The van der Waals surface area contributed by atoms with Gasteiger partial charge < -0.3 is 16.0 Å². The Morgan fingerprint density at radius 1 is 1.45 bits per heavy atom. The monoisotopic (exact) mass is 271 g/mol. The summed E-state index contributed by atoms with van der Waals surface area (Å²) in [5.74, 6) is 0.839. The quantitative estimate of drug-likeness (QED) is 0.794. The van der Waals surface area contributed by atoms with Gasteiger partial charge in [-0.1, -0.05) is 0 Å². The summed E-state index contributed by atoms with van der Waals surface area (Å²) in [6, 6.07) is 5.42. The highest BCUT2D eigenvalue weighted by Crippen LogP contribution is 2.30. The molecule has 6 nitrogen and oxygen atoms in total. The maximum Gasteiger partial charge on any atom is 0.242 e. The van der Waals surface area contributed by atoms with E-state index in [-0.39, 0.29) is 11.9 Å². The Bertz CT molecular complexity index is 657. The molecule has 1 aliphatic heterocycles. The van der Waals surface area contributed by atoms with Crippen molar-refractivity contribution in [3.05, 3.63) is 24.5 Å². The van der Waals surface area contributed by atoms with Crippen LogP contribution in [0, 0.1) is 0 Å². The van der Waals surface area contributed by atoms with Crippen LogP contribution in [-0.2, 0) is 4.79 Å². The fraction of sp³-hybridized carbons (Fsp3) is 0.357. The summed E-state index contributed by atoms with van der Waals surface area (Å²) < 4.78 is 0. The van der Waals surface area contributed by atoms with Crippen LogP contribution in [0.15, 0.2) is 24.5 Å². The first kappa shape index (κ1) is 12.7. The number of nitrogens with zero attached hydrogens (tertiary/aromatic N) is 3. The highest BCUT2D eigenvalue weighted by molar-refractivity contribution is 5.94. The predicted octanol–water partition coefficient (Wildman–Crippen LogP) is 0.927. The van der Waals surface area contributed by atoms with E-state index in [0.717, 1.165) is 36.1 Å². The normalized spacial score (nSPS) is 18.4. The average Bonchev–Trinajstić information content (AvgIpc) is 2.94. The SMILES string of the molecule is CNC(=O)C1CCCN1c1ncnc2cc(N)ccc12. The summed E-state index contributed by atoms with van der Waals surface area (Å²) in [6.07, 6.45) is 3.36. The van der Waals surface area contributed by atoms with Crippen molar-refractivity contribution < 1.29 is 4.79 Å². The smallest absolute Gasteiger partial charge is 0.242 e. The van der Waals surface area contributed by atoms with Crippen molar-refractivity contribution in [2.45, 2.75) is 18.9 Å². The third-order valence-electron chi connectivity index (χ3n) is 3.71. The Morgan fingerprint density at radius 3 is 3.10 bits per heavy atom. The van der Waals surface area contributed by atoms with Crippen LogP contribution < -0.4 is 16.0 Å². The van der Waals surface area contributed by atoms with E-state index in [9.17, 15) is 4.79 Å². The number of nitrogens with two attached hydrogens (primary N) is 1. The second kappa shape index (κ2) is 4.96. The standard InChI is InChI=1S/C14H17N5O/c1-16-14(20)12-3-2-6-19(12)13-10-5-4-9(15)7-11(10)17-8-18-13/h4-5,7-8,12H,2-3,6,15H2,1H3,(H,16,20). The number of fused-ring (bicyclic) bond motifs is 1. The van der Waals surface area contributed by atoms with E-state index in [2.05, 4.69) is 20.2 Å². The van der Waals surface area contributed by atoms with Crippen molar-refractivity contribution >= 4 is 28.3 Å². The van der Waals surface area contributed by atoms with Gasteiger partial charge in [0.05, 0.1) is 5.52 Å². The van der Waals surface area contributed by atoms with Gasteiger partial charge in [0.1, 0.15) is 18.2 Å². The molecule has 2 heterocycles. The molecule has 1 saturated heterocycles. The maximum atomic E-state index is 12.0. The predicted molar refractivity (Wildman–Crippen MR) is 78.4 cm³/mol. The minimum atomic E-state index is -0.157. The molecule has 2 aromatic rings. The van der Waals surface area contributed by atoms with Crippen molar-refractivity contribution in [3.8, 4) is 0 Å². The maximum absolute atomic E-state index is 12.0. The minimum absolute atomic E-state index is 0.0321. The number of anilines is 2. The van der Waals surface area contributed by atoms with E-state index in [0.29, 0.717) is 5.69 Å². The van der Waals surface area contributed by atoms with E-state index < -0.39 is 0 Å². The fourth-order valence-corrected chi connectivity index (χ4v) is 2.75. The summed E-state index contributed by atoms with van der Waals surface area (Å²) >= 11 is 0. The van der Waals surface area contributed by atoms with E-state index in [1.807, 2.05) is 18.2 Å². The number of nitrogen functional groups attached to an aromatic ring is 1. The summed E-state index contributed by atoms with van der Waals surface area (Å²) in [5.41, 5.74) is 7.26. The van der Waals surface area contributed by atoms with Gasteiger partial charge in [-0.05, 0) is 31.0 Å². The van der Waals surface area contributed by atoms with Crippen LogP contribution in [0.2, 0.25) is 0 Å². The second-order valence-corrected chi connectivity index (χ2v) is 4.94.